The molecule has 2 amide bonds. The van der Waals surface area contributed by atoms with Crippen LogP contribution in [-0.2, 0) is 4.79 Å². The molecule has 0 aromatic heterocycles. The zero-order chi connectivity index (χ0) is 13.0. The van der Waals surface area contributed by atoms with Crippen molar-refractivity contribution in [1.29, 1.82) is 0 Å². The molecule has 0 aromatic rings. The number of aliphatic carboxylic acids is 1. The summed E-state index contributed by atoms with van der Waals surface area (Å²) in [5.41, 5.74) is 1.29. The molecule has 2 aliphatic rings. The van der Waals surface area contributed by atoms with Crippen LogP contribution in [0.25, 0.3) is 0 Å². The van der Waals surface area contributed by atoms with Gasteiger partial charge in [0.15, 0.2) is 0 Å². The number of hydrogen-bond donors (Lipinski definition) is 2. The lowest BCUT2D eigenvalue weighted by molar-refractivity contribution is -0.141. The lowest BCUT2D eigenvalue weighted by Gasteiger charge is -2.18. The molecule has 5 heteroatoms. The van der Waals surface area contributed by atoms with Crippen LogP contribution in [0, 0.1) is 5.92 Å². The van der Waals surface area contributed by atoms with Gasteiger partial charge in [-0.3, -0.25) is 4.79 Å². The molecule has 1 unspecified atom stereocenters. The van der Waals surface area contributed by atoms with E-state index in [1.165, 1.54) is 18.4 Å². The highest BCUT2D eigenvalue weighted by Crippen LogP contribution is 2.18. The number of nitrogens with one attached hydrogen (secondary N) is 1. The van der Waals surface area contributed by atoms with E-state index < -0.39 is 11.9 Å². The fourth-order valence-electron chi connectivity index (χ4n) is 2.51. The lowest BCUT2D eigenvalue weighted by Crippen LogP contribution is -2.39. The Morgan fingerprint density at radius 2 is 2.28 bits per heavy atom. The second-order valence-electron chi connectivity index (χ2n) is 5.04. The van der Waals surface area contributed by atoms with Gasteiger partial charge in [0.25, 0.3) is 0 Å². The van der Waals surface area contributed by atoms with Crippen molar-refractivity contribution in [2.45, 2.75) is 32.1 Å². The van der Waals surface area contributed by atoms with E-state index in [1.54, 1.807) is 4.90 Å². The third-order valence-corrected chi connectivity index (χ3v) is 3.68. The molecular formula is C13H20N2O3. The summed E-state index contributed by atoms with van der Waals surface area (Å²) in [5, 5.41) is 11.8. The van der Waals surface area contributed by atoms with Gasteiger partial charge in [-0.2, -0.15) is 0 Å². The van der Waals surface area contributed by atoms with Gasteiger partial charge in [-0.05, 0) is 32.1 Å². The summed E-state index contributed by atoms with van der Waals surface area (Å²) in [6.07, 6.45) is 7.38. The van der Waals surface area contributed by atoms with Gasteiger partial charge in [0, 0.05) is 19.6 Å². The number of carbonyl (C=O) groups is 2. The van der Waals surface area contributed by atoms with E-state index >= 15 is 0 Å². The molecular weight excluding hydrogens is 232 g/mol. The van der Waals surface area contributed by atoms with Crippen molar-refractivity contribution < 1.29 is 14.7 Å². The molecule has 100 valence electrons. The number of allylic oxidation sites excluding steroid dienone is 1. The Bertz CT molecular complexity index is 365. The first-order valence-electron chi connectivity index (χ1n) is 6.60. The average Bonchev–Trinajstić information content (AvgIpc) is 2.87. The van der Waals surface area contributed by atoms with E-state index in [1.807, 2.05) is 0 Å². The maximum atomic E-state index is 11.9. The summed E-state index contributed by atoms with van der Waals surface area (Å²) in [6, 6.07) is -0.134. The van der Waals surface area contributed by atoms with Crippen molar-refractivity contribution in [1.82, 2.24) is 10.2 Å². The fraction of sp³-hybridized carbons (Fsp3) is 0.692. The topological polar surface area (TPSA) is 69.6 Å². The first kappa shape index (κ1) is 12.9. The van der Waals surface area contributed by atoms with Crippen molar-refractivity contribution in [2.24, 2.45) is 5.92 Å². The Kier molecular flexibility index (Phi) is 4.23. The predicted octanol–water partition coefficient (Wildman–Crippen LogP) is 1.60. The summed E-state index contributed by atoms with van der Waals surface area (Å²) in [5.74, 6) is -1.20. The fourth-order valence-corrected chi connectivity index (χ4v) is 2.51. The second-order valence-corrected chi connectivity index (χ2v) is 5.04. The SMILES string of the molecule is O=C(O)C1CCN(C(=O)NCC2=CCCCC2)C1. The van der Waals surface area contributed by atoms with Crippen LogP contribution in [0.15, 0.2) is 11.6 Å². The van der Waals surface area contributed by atoms with Crippen LogP contribution in [0.3, 0.4) is 0 Å². The predicted molar refractivity (Wildman–Crippen MR) is 67.3 cm³/mol. The van der Waals surface area contributed by atoms with Gasteiger partial charge in [-0.1, -0.05) is 11.6 Å². The number of rotatable bonds is 3. The third-order valence-electron chi connectivity index (χ3n) is 3.68. The summed E-state index contributed by atoms with van der Waals surface area (Å²) in [6.45, 7) is 1.48. The summed E-state index contributed by atoms with van der Waals surface area (Å²) in [7, 11) is 0. The number of urea groups is 1. The molecule has 1 heterocycles. The van der Waals surface area contributed by atoms with Gasteiger partial charge in [-0.15, -0.1) is 0 Å². The first-order chi connectivity index (χ1) is 8.66. The Labute approximate surface area is 107 Å². The molecule has 0 bridgehead atoms. The molecule has 0 radical (unpaired) electrons. The molecule has 18 heavy (non-hydrogen) atoms. The van der Waals surface area contributed by atoms with Crippen LogP contribution in [0.5, 0.6) is 0 Å². The minimum Gasteiger partial charge on any atom is -0.481 e. The molecule has 1 fully saturated rings. The molecule has 0 spiro atoms. The first-order valence-corrected chi connectivity index (χ1v) is 6.60. The average molecular weight is 252 g/mol. The zero-order valence-electron chi connectivity index (χ0n) is 10.5. The molecule has 1 saturated heterocycles. The van der Waals surface area contributed by atoms with E-state index in [9.17, 15) is 9.59 Å². The van der Waals surface area contributed by atoms with E-state index in [2.05, 4.69) is 11.4 Å². The number of amides is 2. The second kappa shape index (κ2) is 5.89. The Morgan fingerprint density at radius 3 is 2.89 bits per heavy atom. The highest BCUT2D eigenvalue weighted by Gasteiger charge is 2.30. The Hall–Kier alpha value is -1.52. The quantitative estimate of drug-likeness (QED) is 0.750. The van der Waals surface area contributed by atoms with Crippen molar-refractivity contribution >= 4 is 12.0 Å². The summed E-state index contributed by atoms with van der Waals surface area (Å²) in [4.78, 5) is 24.3. The van der Waals surface area contributed by atoms with Gasteiger partial charge in [0.2, 0.25) is 0 Å². The van der Waals surface area contributed by atoms with Gasteiger partial charge in [0.05, 0.1) is 5.92 Å². The summed E-state index contributed by atoms with van der Waals surface area (Å²) >= 11 is 0. The normalized spacial score (nSPS) is 23.7. The van der Waals surface area contributed by atoms with Crippen LogP contribution in [0.1, 0.15) is 32.1 Å². The third kappa shape index (κ3) is 3.24. The molecule has 1 aliphatic carbocycles. The number of hydrogen-bond acceptors (Lipinski definition) is 2. The maximum Gasteiger partial charge on any atom is 0.317 e. The monoisotopic (exact) mass is 252 g/mol. The Morgan fingerprint density at radius 1 is 1.44 bits per heavy atom. The van der Waals surface area contributed by atoms with E-state index in [0.717, 1.165) is 12.8 Å². The van der Waals surface area contributed by atoms with Crippen LogP contribution in [0.4, 0.5) is 4.79 Å². The van der Waals surface area contributed by atoms with Crippen LogP contribution in [-0.4, -0.2) is 41.6 Å². The van der Waals surface area contributed by atoms with E-state index in [0.29, 0.717) is 26.1 Å². The number of carboxylic acid groups (broad SMARTS) is 1. The molecule has 2 rings (SSSR count). The molecule has 1 aliphatic heterocycles. The van der Waals surface area contributed by atoms with E-state index in [-0.39, 0.29) is 6.03 Å². The van der Waals surface area contributed by atoms with Gasteiger partial charge >= 0.3 is 12.0 Å². The standard InChI is InChI=1S/C13H20N2O3/c16-12(17)11-6-7-15(9-11)13(18)14-8-10-4-2-1-3-5-10/h4,11H,1-3,5-9H2,(H,14,18)(H,16,17). The van der Waals surface area contributed by atoms with Crippen LogP contribution in [0.2, 0.25) is 0 Å². The molecule has 5 nitrogen and oxygen atoms in total. The lowest BCUT2D eigenvalue weighted by atomic mass is 10.00. The Balaban J connectivity index is 1.75. The van der Waals surface area contributed by atoms with Gasteiger partial charge in [0.1, 0.15) is 0 Å². The largest absolute Gasteiger partial charge is 0.481 e. The minimum atomic E-state index is -0.805. The number of carboxylic acids is 1. The van der Waals surface area contributed by atoms with Crippen molar-refractivity contribution in [2.75, 3.05) is 19.6 Å². The minimum absolute atomic E-state index is 0.134. The molecule has 1 atom stereocenters. The van der Waals surface area contributed by atoms with Crippen LogP contribution < -0.4 is 5.32 Å². The smallest absolute Gasteiger partial charge is 0.317 e. The highest BCUT2D eigenvalue weighted by molar-refractivity contribution is 5.77. The molecule has 0 saturated carbocycles. The molecule has 2 N–H and O–H groups in total. The zero-order valence-corrected chi connectivity index (χ0v) is 10.5. The van der Waals surface area contributed by atoms with Crippen LogP contribution >= 0.6 is 0 Å². The highest BCUT2D eigenvalue weighted by atomic mass is 16.4. The number of nitrogens with zero attached hydrogens (tertiary/aromatic N) is 1. The number of carbonyl (C=O) groups excluding carboxylic acids is 1. The summed E-state index contributed by atoms with van der Waals surface area (Å²) < 4.78 is 0. The molecule has 0 aromatic carbocycles. The van der Waals surface area contributed by atoms with Gasteiger partial charge in [-0.25, -0.2) is 4.79 Å². The number of likely N-dealkylation sites (tertiary alicyclic amines) is 1. The maximum absolute atomic E-state index is 11.9. The van der Waals surface area contributed by atoms with E-state index in [4.69, 9.17) is 5.11 Å². The van der Waals surface area contributed by atoms with Crippen molar-refractivity contribution in [3.05, 3.63) is 11.6 Å². The van der Waals surface area contributed by atoms with Crippen molar-refractivity contribution in [3.8, 4) is 0 Å². The van der Waals surface area contributed by atoms with Crippen molar-refractivity contribution in [3.63, 3.8) is 0 Å². The van der Waals surface area contributed by atoms with Gasteiger partial charge < -0.3 is 15.3 Å².